The lowest BCUT2D eigenvalue weighted by Gasteiger charge is -1.98. The molecular weight excluding hydrogens is 252 g/mol. The van der Waals surface area contributed by atoms with Gasteiger partial charge in [0.1, 0.15) is 17.7 Å². The molecule has 1 aromatic carbocycles. The van der Waals surface area contributed by atoms with Gasteiger partial charge in [-0.1, -0.05) is 18.2 Å². The molecule has 6 heteroatoms. The van der Waals surface area contributed by atoms with Gasteiger partial charge in [-0.2, -0.15) is 25.5 Å². The number of benzene rings is 1. The van der Waals surface area contributed by atoms with Gasteiger partial charge in [-0.25, -0.2) is 0 Å². The van der Waals surface area contributed by atoms with E-state index in [4.69, 9.17) is 10.5 Å². The number of hydrogen-bond acceptors (Lipinski definition) is 5. The maximum Gasteiger partial charge on any atom is 0.145 e. The van der Waals surface area contributed by atoms with Crippen LogP contribution in [-0.4, -0.2) is 21.5 Å². The Kier molecular flexibility index (Phi) is 4.47. The summed E-state index contributed by atoms with van der Waals surface area (Å²) in [5, 5.41) is 28.6. The van der Waals surface area contributed by atoms with Crippen LogP contribution < -0.4 is 5.32 Å². The molecule has 0 aliphatic carbocycles. The first-order chi connectivity index (χ1) is 9.83. The van der Waals surface area contributed by atoms with Crippen LogP contribution in [0.3, 0.4) is 0 Å². The highest BCUT2D eigenvalue weighted by molar-refractivity contribution is 5.34. The Balaban J connectivity index is 1.90. The lowest BCUT2D eigenvalue weighted by molar-refractivity contribution is 0.726. The Morgan fingerprint density at radius 2 is 2.00 bits per heavy atom. The van der Waals surface area contributed by atoms with Gasteiger partial charge in [0.2, 0.25) is 0 Å². The summed E-state index contributed by atoms with van der Waals surface area (Å²) < 4.78 is 0. The summed E-state index contributed by atoms with van der Waals surface area (Å²) in [4.78, 5) is 1.57. The third-order valence-electron chi connectivity index (χ3n) is 2.54. The number of hydrogen-bond donors (Lipinski definition) is 1. The topological polar surface area (TPSA) is 90.3 Å². The van der Waals surface area contributed by atoms with E-state index in [1.165, 1.54) is 6.20 Å². The van der Waals surface area contributed by atoms with Gasteiger partial charge in [0.15, 0.2) is 0 Å². The van der Waals surface area contributed by atoms with Crippen molar-refractivity contribution >= 4 is 0 Å². The summed E-state index contributed by atoms with van der Waals surface area (Å²) in [6.45, 7) is 0.584. The van der Waals surface area contributed by atoms with E-state index in [1.807, 2.05) is 30.3 Å². The highest BCUT2D eigenvalue weighted by Crippen LogP contribution is 2.04. The highest BCUT2D eigenvalue weighted by atomic mass is 15.5. The zero-order valence-corrected chi connectivity index (χ0v) is 10.7. The molecule has 20 heavy (non-hydrogen) atoms. The standard InChI is InChI=1S/C14H12N6/c15-8-12(9-16)10-17-7-6-13-11-18-20(19-13)14-4-2-1-3-5-14/h1-5,10-11,17H,6-7H2. The molecule has 0 fully saturated rings. The van der Waals surface area contributed by atoms with Crippen LogP contribution in [0.1, 0.15) is 5.69 Å². The van der Waals surface area contributed by atoms with Crippen molar-refractivity contribution in [2.24, 2.45) is 0 Å². The summed E-state index contributed by atoms with van der Waals surface area (Å²) in [5.41, 5.74) is 1.80. The van der Waals surface area contributed by atoms with E-state index in [0.29, 0.717) is 13.0 Å². The normalized spacial score (nSPS) is 9.30. The van der Waals surface area contributed by atoms with Gasteiger partial charge >= 0.3 is 0 Å². The second kappa shape index (κ2) is 6.72. The Morgan fingerprint density at radius 1 is 1.25 bits per heavy atom. The number of nitrogens with one attached hydrogen (secondary N) is 1. The van der Waals surface area contributed by atoms with Gasteiger partial charge in [-0.05, 0) is 12.1 Å². The van der Waals surface area contributed by atoms with Gasteiger partial charge in [0.25, 0.3) is 0 Å². The number of nitrogens with zero attached hydrogens (tertiary/aromatic N) is 5. The summed E-state index contributed by atoms with van der Waals surface area (Å²) in [6.07, 6.45) is 3.77. The maximum atomic E-state index is 8.57. The number of allylic oxidation sites excluding steroid dienone is 1. The average molecular weight is 264 g/mol. The summed E-state index contributed by atoms with van der Waals surface area (Å²) >= 11 is 0. The van der Waals surface area contributed by atoms with Crippen molar-refractivity contribution in [3.05, 3.63) is 54.0 Å². The van der Waals surface area contributed by atoms with Crippen LogP contribution in [0.15, 0.2) is 48.3 Å². The number of nitriles is 2. The first-order valence-corrected chi connectivity index (χ1v) is 6.04. The SMILES string of the molecule is N#CC(C#N)=CNCCc1cnn(-c2ccccc2)n1. The van der Waals surface area contributed by atoms with Crippen LogP contribution in [0.2, 0.25) is 0 Å². The molecule has 1 aromatic heterocycles. The molecule has 98 valence electrons. The van der Waals surface area contributed by atoms with Crippen molar-refractivity contribution in [2.75, 3.05) is 6.54 Å². The van der Waals surface area contributed by atoms with Gasteiger partial charge in [-0.3, -0.25) is 0 Å². The summed E-state index contributed by atoms with van der Waals surface area (Å²) in [5.74, 6) is 0. The zero-order chi connectivity index (χ0) is 14.2. The minimum absolute atomic E-state index is 0.0536. The highest BCUT2D eigenvalue weighted by Gasteiger charge is 2.01. The summed E-state index contributed by atoms with van der Waals surface area (Å²) in [6, 6.07) is 13.2. The molecule has 0 unspecified atom stereocenters. The Labute approximate surface area is 116 Å². The molecule has 0 amide bonds. The lowest BCUT2D eigenvalue weighted by atomic mass is 10.3. The quantitative estimate of drug-likeness (QED) is 0.650. The molecule has 0 saturated carbocycles. The Morgan fingerprint density at radius 3 is 2.70 bits per heavy atom. The van der Waals surface area contributed by atoms with Gasteiger partial charge in [0, 0.05) is 19.2 Å². The summed E-state index contributed by atoms with van der Waals surface area (Å²) in [7, 11) is 0. The molecular formula is C14H12N6. The molecule has 0 aliphatic rings. The third kappa shape index (κ3) is 3.44. The molecule has 2 aromatic rings. The molecule has 0 spiro atoms. The van der Waals surface area contributed by atoms with Crippen molar-refractivity contribution in [3.8, 4) is 17.8 Å². The minimum Gasteiger partial charge on any atom is -0.389 e. The first-order valence-electron chi connectivity index (χ1n) is 6.04. The van der Waals surface area contributed by atoms with Crippen molar-refractivity contribution in [1.82, 2.24) is 20.3 Å². The lowest BCUT2D eigenvalue weighted by Crippen LogP contribution is -2.11. The molecule has 0 saturated heterocycles. The fourth-order valence-electron chi connectivity index (χ4n) is 1.56. The van der Waals surface area contributed by atoms with Crippen LogP contribution in [0.25, 0.3) is 5.69 Å². The van der Waals surface area contributed by atoms with Crippen molar-refractivity contribution in [1.29, 1.82) is 10.5 Å². The second-order valence-corrected chi connectivity index (χ2v) is 3.95. The van der Waals surface area contributed by atoms with Crippen LogP contribution in [0.5, 0.6) is 0 Å². The predicted molar refractivity (Wildman–Crippen MR) is 72.4 cm³/mol. The van der Waals surface area contributed by atoms with Crippen molar-refractivity contribution < 1.29 is 0 Å². The van der Waals surface area contributed by atoms with E-state index in [9.17, 15) is 0 Å². The monoisotopic (exact) mass is 264 g/mol. The molecule has 1 N–H and O–H groups in total. The Hall–Kier alpha value is -3.12. The third-order valence-corrected chi connectivity index (χ3v) is 2.54. The number of aromatic nitrogens is 3. The largest absolute Gasteiger partial charge is 0.389 e. The van der Waals surface area contributed by atoms with Crippen LogP contribution in [0, 0.1) is 22.7 Å². The number of rotatable bonds is 5. The average Bonchev–Trinajstić information content (AvgIpc) is 2.97. The molecule has 1 heterocycles. The first kappa shape index (κ1) is 13.3. The molecule has 0 atom stereocenters. The van der Waals surface area contributed by atoms with E-state index < -0.39 is 0 Å². The van der Waals surface area contributed by atoms with Crippen molar-refractivity contribution in [2.45, 2.75) is 6.42 Å². The van der Waals surface area contributed by atoms with Gasteiger partial charge in [-0.15, -0.1) is 0 Å². The van der Waals surface area contributed by atoms with Gasteiger partial charge in [0.05, 0.1) is 17.6 Å². The Bertz CT molecular complexity index is 656. The molecule has 6 nitrogen and oxygen atoms in total. The van der Waals surface area contributed by atoms with Crippen LogP contribution in [-0.2, 0) is 6.42 Å². The predicted octanol–water partition coefficient (Wildman–Crippen LogP) is 1.33. The fourth-order valence-corrected chi connectivity index (χ4v) is 1.56. The van der Waals surface area contributed by atoms with Gasteiger partial charge < -0.3 is 5.32 Å². The fraction of sp³-hybridized carbons (Fsp3) is 0.143. The van der Waals surface area contributed by atoms with Crippen LogP contribution >= 0.6 is 0 Å². The van der Waals surface area contributed by atoms with E-state index in [1.54, 1.807) is 23.1 Å². The molecule has 0 aliphatic heterocycles. The minimum atomic E-state index is 0.0536. The second-order valence-electron chi connectivity index (χ2n) is 3.95. The molecule has 0 bridgehead atoms. The van der Waals surface area contributed by atoms with E-state index in [2.05, 4.69) is 15.5 Å². The molecule has 2 rings (SSSR count). The van der Waals surface area contributed by atoms with E-state index in [0.717, 1.165) is 11.4 Å². The van der Waals surface area contributed by atoms with Crippen molar-refractivity contribution in [3.63, 3.8) is 0 Å². The maximum absolute atomic E-state index is 8.57. The smallest absolute Gasteiger partial charge is 0.145 e. The van der Waals surface area contributed by atoms with E-state index in [-0.39, 0.29) is 5.57 Å². The zero-order valence-electron chi connectivity index (χ0n) is 10.7. The number of para-hydroxylation sites is 1. The molecule has 0 radical (unpaired) electrons. The van der Waals surface area contributed by atoms with Crippen LogP contribution in [0.4, 0.5) is 0 Å². The van der Waals surface area contributed by atoms with E-state index >= 15 is 0 Å².